The van der Waals surface area contributed by atoms with E-state index in [0.29, 0.717) is 11.6 Å². The summed E-state index contributed by atoms with van der Waals surface area (Å²) < 4.78 is 0. The molecular weight excluding hydrogens is 243 g/mol. The van der Waals surface area contributed by atoms with Crippen LogP contribution in [-0.4, -0.2) is 24.5 Å². The van der Waals surface area contributed by atoms with Gasteiger partial charge in [0.15, 0.2) is 0 Å². The van der Waals surface area contributed by atoms with Crippen molar-refractivity contribution in [2.45, 2.75) is 19.9 Å². The molecule has 1 aromatic rings. The molecule has 0 bridgehead atoms. The lowest BCUT2D eigenvalue weighted by molar-refractivity contribution is 0.273. The third kappa shape index (κ3) is 4.30. The number of benzene rings is 1. The SMILES string of the molecule is CCCN(CCN)Cc1ccc(Cl)cc1Cl. The number of halogens is 2. The summed E-state index contributed by atoms with van der Waals surface area (Å²) in [5.41, 5.74) is 6.68. The maximum atomic E-state index is 6.13. The van der Waals surface area contributed by atoms with Crippen LogP contribution < -0.4 is 5.73 Å². The first kappa shape index (κ1) is 13.8. The number of hydrogen-bond donors (Lipinski definition) is 1. The number of hydrogen-bond acceptors (Lipinski definition) is 2. The van der Waals surface area contributed by atoms with Crippen molar-refractivity contribution < 1.29 is 0 Å². The molecular formula is C12H18Cl2N2. The van der Waals surface area contributed by atoms with Crippen LogP contribution >= 0.6 is 23.2 Å². The van der Waals surface area contributed by atoms with Gasteiger partial charge in [-0.3, -0.25) is 4.90 Å². The highest BCUT2D eigenvalue weighted by Crippen LogP contribution is 2.22. The van der Waals surface area contributed by atoms with E-state index in [9.17, 15) is 0 Å². The second kappa shape index (κ2) is 7.13. The van der Waals surface area contributed by atoms with Crippen molar-refractivity contribution in [2.24, 2.45) is 5.73 Å². The van der Waals surface area contributed by atoms with E-state index in [1.807, 2.05) is 12.1 Å². The molecule has 2 nitrogen and oxygen atoms in total. The average molecular weight is 261 g/mol. The zero-order valence-electron chi connectivity index (χ0n) is 9.55. The van der Waals surface area contributed by atoms with Gasteiger partial charge in [0.25, 0.3) is 0 Å². The Bertz CT molecular complexity index is 323. The second-order valence-electron chi connectivity index (χ2n) is 3.80. The van der Waals surface area contributed by atoms with Crippen molar-refractivity contribution in [3.8, 4) is 0 Å². The maximum Gasteiger partial charge on any atom is 0.0465 e. The Kier molecular flexibility index (Phi) is 6.14. The molecule has 0 saturated carbocycles. The van der Waals surface area contributed by atoms with Crippen LogP contribution in [0.4, 0.5) is 0 Å². The van der Waals surface area contributed by atoms with E-state index in [1.165, 1.54) is 0 Å². The normalized spacial score (nSPS) is 11.1. The quantitative estimate of drug-likeness (QED) is 0.852. The van der Waals surface area contributed by atoms with Gasteiger partial charge in [0, 0.05) is 29.7 Å². The van der Waals surface area contributed by atoms with Crippen LogP contribution in [0.2, 0.25) is 10.0 Å². The predicted octanol–water partition coefficient (Wildman–Crippen LogP) is 3.16. The molecule has 0 heterocycles. The summed E-state index contributed by atoms with van der Waals surface area (Å²) in [5.74, 6) is 0. The Balaban J connectivity index is 2.68. The highest BCUT2D eigenvalue weighted by Gasteiger charge is 2.07. The third-order valence-electron chi connectivity index (χ3n) is 2.39. The Labute approximate surface area is 107 Å². The topological polar surface area (TPSA) is 29.3 Å². The number of nitrogens with zero attached hydrogens (tertiary/aromatic N) is 1. The Hall–Kier alpha value is -0.280. The molecule has 90 valence electrons. The van der Waals surface area contributed by atoms with Gasteiger partial charge in [0.05, 0.1) is 0 Å². The van der Waals surface area contributed by atoms with Gasteiger partial charge >= 0.3 is 0 Å². The fraction of sp³-hybridized carbons (Fsp3) is 0.500. The van der Waals surface area contributed by atoms with E-state index in [-0.39, 0.29) is 0 Å². The molecule has 0 spiro atoms. The van der Waals surface area contributed by atoms with Crippen molar-refractivity contribution in [3.63, 3.8) is 0 Å². The number of nitrogens with two attached hydrogens (primary N) is 1. The summed E-state index contributed by atoms with van der Waals surface area (Å²) >= 11 is 12.0. The van der Waals surface area contributed by atoms with E-state index in [1.54, 1.807) is 6.07 Å². The number of rotatable bonds is 6. The van der Waals surface area contributed by atoms with E-state index < -0.39 is 0 Å². The maximum absolute atomic E-state index is 6.13. The van der Waals surface area contributed by atoms with Gasteiger partial charge in [-0.2, -0.15) is 0 Å². The van der Waals surface area contributed by atoms with Crippen molar-refractivity contribution in [1.82, 2.24) is 4.90 Å². The fourth-order valence-electron chi connectivity index (χ4n) is 1.66. The molecule has 0 aliphatic carbocycles. The van der Waals surface area contributed by atoms with Gasteiger partial charge in [-0.1, -0.05) is 36.2 Å². The smallest absolute Gasteiger partial charge is 0.0465 e. The van der Waals surface area contributed by atoms with Gasteiger partial charge < -0.3 is 5.73 Å². The molecule has 1 rings (SSSR count). The highest BCUT2D eigenvalue weighted by atomic mass is 35.5. The van der Waals surface area contributed by atoms with E-state index in [2.05, 4.69) is 11.8 Å². The van der Waals surface area contributed by atoms with Crippen molar-refractivity contribution in [2.75, 3.05) is 19.6 Å². The highest BCUT2D eigenvalue weighted by molar-refractivity contribution is 6.35. The summed E-state index contributed by atoms with van der Waals surface area (Å²) in [4.78, 5) is 2.30. The molecule has 16 heavy (non-hydrogen) atoms. The first-order valence-electron chi connectivity index (χ1n) is 5.53. The molecule has 4 heteroatoms. The Morgan fingerprint density at radius 1 is 1.25 bits per heavy atom. The molecule has 0 aliphatic rings. The lowest BCUT2D eigenvalue weighted by Gasteiger charge is -2.21. The zero-order valence-corrected chi connectivity index (χ0v) is 11.1. The van der Waals surface area contributed by atoms with Crippen molar-refractivity contribution >= 4 is 23.2 Å². The summed E-state index contributed by atoms with van der Waals surface area (Å²) in [7, 11) is 0. The first-order valence-corrected chi connectivity index (χ1v) is 6.29. The lowest BCUT2D eigenvalue weighted by Crippen LogP contribution is -2.29. The first-order chi connectivity index (χ1) is 7.67. The standard InChI is InChI=1S/C12H18Cl2N2/c1-2-6-16(7-5-15)9-10-3-4-11(13)8-12(10)14/h3-4,8H,2,5-7,9,15H2,1H3. The summed E-state index contributed by atoms with van der Waals surface area (Å²) in [6.07, 6.45) is 1.12. The summed E-state index contributed by atoms with van der Waals surface area (Å²) in [6, 6.07) is 5.63. The van der Waals surface area contributed by atoms with Crippen LogP contribution in [0, 0.1) is 0 Å². The molecule has 0 amide bonds. The Morgan fingerprint density at radius 2 is 2.00 bits per heavy atom. The summed E-state index contributed by atoms with van der Waals surface area (Å²) in [6.45, 7) is 5.60. The van der Waals surface area contributed by atoms with Crippen molar-refractivity contribution in [3.05, 3.63) is 33.8 Å². The van der Waals surface area contributed by atoms with Crippen LogP contribution in [0.1, 0.15) is 18.9 Å². The Morgan fingerprint density at radius 3 is 2.56 bits per heavy atom. The lowest BCUT2D eigenvalue weighted by atomic mass is 10.2. The minimum absolute atomic E-state index is 0.672. The largest absolute Gasteiger partial charge is 0.329 e. The van der Waals surface area contributed by atoms with Crippen LogP contribution in [-0.2, 0) is 6.54 Å². The van der Waals surface area contributed by atoms with E-state index >= 15 is 0 Å². The van der Waals surface area contributed by atoms with E-state index in [4.69, 9.17) is 28.9 Å². The molecule has 2 N–H and O–H groups in total. The molecule has 0 aliphatic heterocycles. The molecule has 0 unspecified atom stereocenters. The van der Waals surface area contributed by atoms with Gasteiger partial charge in [-0.15, -0.1) is 0 Å². The zero-order chi connectivity index (χ0) is 12.0. The predicted molar refractivity (Wildman–Crippen MR) is 71.1 cm³/mol. The second-order valence-corrected chi connectivity index (χ2v) is 4.64. The van der Waals surface area contributed by atoms with Crippen LogP contribution in [0.25, 0.3) is 0 Å². The van der Waals surface area contributed by atoms with Gasteiger partial charge in [0.2, 0.25) is 0 Å². The molecule has 0 saturated heterocycles. The van der Waals surface area contributed by atoms with Crippen molar-refractivity contribution in [1.29, 1.82) is 0 Å². The van der Waals surface area contributed by atoms with Gasteiger partial charge in [-0.25, -0.2) is 0 Å². The average Bonchev–Trinajstić information content (AvgIpc) is 2.23. The third-order valence-corrected chi connectivity index (χ3v) is 2.98. The van der Waals surface area contributed by atoms with E-state index in [0.717, 1.165) is 36.6 Å². The summed E-state index contributed by atoms with van der Waals surface area (Å²) in [5, 5.41) is 1.40. The van der Waals surface area contributed by atoms with Gasteiger partial charge in [0.1, 0.15) is 0 Å². The fourth-order valence-corrected chi connectivity index (χ4v) is 2.13. The minimum Gasteiger partial charge on any atom is -0.329 e. The van der Waals surface area contributed by atoms with Crippen LogP contribution in [0.15, 0.2) is 18.2 Å². The molecule has 0 fully saturated rings. The minimum atomic E-state index is 0.672. The van der Waals surface area contributed by atoms with Gasteiger partial charge in [-0.05, 0) is 30.7 Å². The monoisotopic (exact) mass is 260 g/mol. The molecule has 1 aromatic carbocycles. The van der Waals surface area contributed by atoms with Crippen LogP contribution in [0.3, 0.4) is 0 Å². The molecule has 0 aromatic heterocycles. The molecule has 0 atom stereocenters. The molecule has 0 radical (unpaired) electrons. The van der Waals surface area contributed by atoms with Crippen LogP contribution in [0.5, 0.6) is 0 Å².